The van der Waals surface area contributed by atoms with Gasteiger partial charge in [-0.3, -0.25) is 14.1 Å². The Hall–Kier alpha value is 1.06. The summed E-state index contributed by atoms with van der Waals surface area (Å²) in [4.78, 5) is 0. The molecule has 0 aromatic rings. The SMILES string of the molecule is F.F.F.[Dy]. The van der Waals surface area contributed by atoms with Gasteiger partial charge in [-0.05, 0) is 0 Å². The van der Waals surface area contributed by atoms with Crippen molar-refractivity contribution in [3.63, 3.8) is 0 Å². The fraction of sp³-hybridized carbons (Fsp3) is 0. The Morgan fingerprint density at radius 3 is 0.500 bits per heavy atom. The first kappa shape index (κ1) is 74.0. The van der Waals surface area contributed by atoms with Crippen LogP contribution in [0.5, 0.6) is 0 Å². The van der Waals surface area contributed by atoms with E-state index in [0.29, 0.717) is 0 Å². The first-order valence-electron chi connectivity index (χ1n) is 0. The van der Waals surface area contributed by atoms with Gasteiger partial charge in [0.25, 0.3) is 0 Å². The van der Waals surface area contributed by atoms with Crippen molar-refractivity contribution in [2.75, 3.05) is 0 Å². The van der Waals surface area contributed by atoms with Crippen LogP contribution < -0.4 is 0 Å². The van der Waals surface area contributed by atoms with Crippen molar-refractivity contribution in [2.24, 2.45) is 0 Å². The van der Waals surface area contributed by atoms with Crippen molar-refractivity contribution in [1.82, 2.24) is 0 Å². The Labute approximate surface area is 52.1 Å². The molecule has 0 saturated heterocycles. The van der Waals surface area contributed by atoms with Crippen LogP contribution in [0.2, 0.25) is 0 Å². The zero-order chi connectivity index (χ0) is 0. The second-order valence-corrected chi connectivity index (χ2v) is 0. The Balaban J connectivity index is 0. The quantitative estimate of drug-likeness (QED) is 0.559. The van der Waals surface area contributed by atoms with Gasteiger partial charge in [0.15, 0.2) is 0 Å². The molecule has 34 valence electrons. The van der Waals surface area contributed by atoms with Crippen molar-refractivity contribution in [1.29, 1.82) is 0 Å². The maximum atomic E-state index is 0. The summed E-state index contributed by atoms with van der Waals surface area (Å²) in [5, 5.41) is 0. The van der Waals surface area contributed by atoms with E-state index in [2.05, 4.69) is 0 Å². The molecule has 0 saturated carbocycles. The van der Waals surface area contributed by atoms with E-state index in [1.54, 1.807) is 0 Å². The van der Waals surface area contributed by atoms with Gasteiger partial charge in [0, 0.05) is 38.2 Å². The zero-order valence-corrected chi connectivity index (χ0v) is 3.57. The molecule has 0 amide bonds. The van der Waals surface area contributed by atoms with Crippen LogP contribution in [0.4, 0.5) is 14.1 Å². The van der Waals surface area contributed by atoms with Crippen molar-refractivity contribution in [3.05, 3.63) is 0 Å². The van der Waals surface area contributed by atoms with Gasteiger partial charge in [0.05, 0.1) is 0 Å². The molecular formula is H3DyF3. The van der Waals surface area contributed by atoms with Crippen LogP contribution in [0.1, 0.15) is 0 Å². The normalized spacial score (nSPS) is 0. The first-order chi connectivity index (χ1) is 0. The van der Waals surface area contributed by atoms with Crippen LogP contribution in [0.15, 0.2) is 0 Å². The molecule has 0 aliphatic carbocycles. The first-order valence-corrected chi connectivity index (χ1v) is 0. The molecule has 0 aromatic heterocycles. The molecule has 0 aliphatic rings. The Morgan fingerprint density at radius 1 is 0.500 bits per heavy atom. The molecule has 4 heteroatoms. The summed E-state index contributed by atoms with van der Waals surface area (Å²) < 4.78 is 0. The smallest absolute Gasteiger partial charge is 0 e. The van der Waals surface area contributed by atoms with Crippen molar-refractivity contribution in [2.45, 2.75) is 0 Å². The van der Waals surface area contributed by atoms with Crippen molar-refractivity contribution >= 4 is 0 Å². The molecule has 0 radical (unpaired) electrons. The molecule has 0 nitrogen and oxygen atoms in total. The monoisotopic (exact) mass is 224 g/mol. The average molecular weight is 223 g/mol. The molecule has 0 aromatic carbocycles. The van der Waals surface area contributed by atoms with Gasteiger partial charge in [-0.15, -0.1) is 0 Å². The molecule has 0 spiro atoms. The molecule has 0 atom stereocenters. The number of halogens is 3. The number of hydrogen-bond acceptors (Lipinski definition) is 0. The molecule has 4 heavy (non-hydrogen) atoms. The van der Waals surface area contributed by atoms with Crippen LogP contribution >= 0.6 is 0 Å². The summed E-state index contributed by atoms with van der Waals surface area (Å²) in [7, 11) is 0. The average Bonchev–Trinajstić information content (AvgIpc) is 0. The van der Waals surface area contributed by atoms with Crippen LogP contribution in [0, 0.1) is 38.2 Å². The summed E-state index contributed by atoms with van der Waals surface area (Å²) in [6.07, 6.45) is 0. The molecule has 0 aliphatic heterocycles. The minimum Gasteiger partial charge on any atom is -0.269 e. The summed E-state index contributed by atoms with van der Waals surface area (Å²) in [5.41, 5.74) is 0. The summed E-state index contributed by atoms with van der Waals surface area (Å²) >= 11 is 0. The maximum Gasteiger partial charge on any atom is 0 e. The molecule has 0 rings (SSSR count). The third kappa shape index (κ3) is 11.5. The van der Waals surface area contributed by atoms with Gasteiger partial charge in [0.1, 0.15) is 0 Å². The topological polar surface area (TPSA) is 0 Å². The molecule has 0 unspecified atom stereocenters. The maximum absolute atomic E-state index is 0. The predicted octanol–water partition coefficient (Wildman–Crippen LogP) is 0.458. The van der Waals surface area contributed by atoms with Crippen LogP contribution in [0.25, 0.3) is 0 Å². The summed E-state index contributed by atoms with van der Waals surface area (Å²) in [6.45, 7) is 0. The molecule has 0 heterocycles. The number of hydrogen-bond donors (Lipinski definition) is 0. The van der Waals surface area contributed by atoms with Gasteiger partial charge >= 0.3 is 0 Å². The van der Waals surface area contributed by atoms with Crippen LogP contribution in [-0.4, -0.2) is 0 Å². The minimum absolute atomic E-state index is 0. The van der Waals surface area contributed by atoms with E-state index in [4.69, 9.17) is 0 Å². The predicted molar refractivity (Wildman–Crippen MR) is 7.51 cm³/mol. The van der Waals surface area contributed by atoms with Crippen molar-refractivity contribution < 1.29 is 52.3 Å². The summed E-state index contributed by atoms with van der Waals surface area (Å²) in [6, 6.07) is 0. The van der Waals surface area contributed by atoms with Gasteiger partial charge in [-0.2, -0.15) is 0 Å². The molecule has 0 N–H and O–H groups in total. The molecular weight excluding hydrogens is 219 g/mol. The van der Waals surface area contributed by atoms with E-state index in [0.717, 1.165) is 0 Å². The second kappa shape index (κ2) is 33.7. The van der Waals surface area contributed by atoms with E-state index in [-0.39, 0.29) is 52.3 Å². The van der Waals surface area contributed by atoms with E-state index >= 15 is 0 Å². The van der Waals surface area contributed by atoms with Gasteiger partial charge in [-0.1, -0.05) is 0 Å². The zero-order valence-electron chi connectivity index (χ0n) is 1.54. The van der Waals surface area contributed by atoms with Crippen molar-refractivity contribution in [3.8, 4) is 0 Å². The Kier molecular flexibility index (Phi) is 624. The van der Waals surface area contributed by atoms with E-state index in [1.165, 1.54) is 0 Å². The van der Waals surface area contributed by atoms with Crippen LogP contribution in [0.3, 0.4) is 0 Å². The fourth-order valence-electron chi connectivity index (χ4n) is 0. The van der Waals surface area contributed by atoms with E-state index in [1.807, 2.05) is 0 Å². The minimum atomic E-state index is 0. The van der Waals surface area contributed by atoms with Gasteiger partial charge < -0.3 is 0 Å². The third-order valence-electron chi connectivity index (χ3n) is 0. The second-order valence-electron chi connectivity index (χ2n) is 0. The van der Waals surface area contributed by atoms with E-state index < -0.39 is 0 Å². The fourth-order valence-corrected chi connectivity index (χ4v) is 0. The Bertz CT molecular complexity index is 3.25. The van der Waals surface area contributed by atoms with Gasteiger partial charge in [-0.25, -0.2) is 0 Å². The number of rotatable bonds is 0. The molecule has 0 bridgehead atoms. The van der Waals surface area contributed by atoms with Gasteiger partial charge in [0.2, 0.25) is 0 Å². The Morgan fingerprint density at radius 2 is 0.500 bits per heavy atom. The van der Waals surface area contributed by atoms with Crippen LogP contribution in [-0.2, 0) is 0 Å². The summed E-state index contributed by atoms with van der Waals surface area (Å²) in [5.74, 6) is 0. The largest absolute Gasteiger partial charge is 0.269 e. The third-order valence-corrected chi connectivity index (χ3v) is 0. The molecule has 0 fully saturated rings. The standard InChI is InChI=1S/Dy.3FH/h;3*1H. The van der Waals surface area contributed by atoms with E-state index in [9.17, 15) is 0 Å².